The van der Waals surface area contributed by atoms with Crippen molar-refractivity contribution in [2.45, 2.75) is 26.4 Å². The summed E-state index contributed by atoms with van der Waals surface area (Å²) in [6.45, 7) is 4.04. The van der Waals surface area contributed by atoms with E-state index in [4.69, 9.17) is 16.3 Å². The van der Waals surface area contributed by atoms with E-state index >= 15 is 0 Å². The molecule has 32 heavy (non-hydrogen) atoms. The molecule has 0 spiro atoms. The van der Waals surface area contributed by atoms with E-state index in [0.29, 0.717) is 5.02 Å². The van der Waals surface area contributed by atoms with Gasteiger partial charge in [-0.1, -0.05) is 47.5 Å². The molecule has 164 valence electrons. The molecule has 1 unspecified atom stereocenters. The highest BCUT2D eigenvalue weighted by Gasteiger charge is 2.46. The van der Waals surface area contributed by atoms with Crippen molar-refractivity contribution in [2.75, 3.05) is 7.11 Å². The first-order valence-electron chi connectivity index (χ1n) is 10.0. The third-order valence-electron chi connectivity index (χ3n) is 5.45. The van der Waals surface area contributed by atoms with Crippen molar-refractivity contribution in [3.05, 3.63) is 91.6 Å². The van der Waals surface area contributed by atoms with Crippen LogP contribution < -0.4 is 4.74 Å². The molecule has 4 rings (SSSR count). The largest absolute Gasteiger partial charge is 0.507 e. The molecular formula is C25H22ClNO4S. The van der Waals surface area contributed by atoms with Gasteiger partial charge in [-0.05, 0) is 48.6 Å². The van der Waals surface area contributed by atoms with Crippen molar-refractivity contribution in [2.24, 2.45) is 0 Å². The highest BCUT2D eigenvalue weighted by atomic mass is 35.5. The van der Waals surface area contributed by atoms with Crippen LogP contribution in [-0.4, -0.2) is 28.8 Å². The highest BCUT2D eigenvalue weighted by Crippen LogP contribution is 2.43. The van der Waals surface area contributed by atoms with Crippen molar-refractivity contribution in [3.63, 3.8) is 0 Å². The molecule has 1 aromatic heterocycles. The lowest BCUT2D eigenvalue weighted by molar-refractivity contribution is -0.140. The maximum absolute atomic E-state index is 13.2. The van der Waals surface area contributed by atoms with Crippen LogP contribution in [0.15, 0.2) is 59.5 Å². The molecule has 3 aromatic rings. The number of hydrogen-bond acceptors (Lipinski definition) is 5. The number of aryl methyl sites for hydroxylation is 2. The Bertz CT molecular complexity index is 1230. The van der Waals surface area contributed by atoms with Crippen molar-refractivity contribution < 1.29 is 19.4 Å². The minimum atomic E-state index is -0.735. The molecule has 1 fully saturated rings. The van der Waals surface area contributed by atoms with Crippen molar-refractivity contribution in [3.8, 4) is 5.75 Å². The van der Waals surface area contributed by atoms with Crippen molar-refractivity contribution in [1.29, 1.82) is 0 Å². The second-order valence-electron chi connectivity index (χ2n) is 7.75. The number of rotatable bonds is 5. The van der Waals surface area contributed by atoms with Gasteiger partial charge < -0.3 is 14.7 Å². The van der Waals surface area contributed by atoms with Crippen LogP contribution in [0.1, 0.15) is 33.2 Å². The molecule has 2 aromatic carbocycles. The molecule has 1 N–H and O–H groups in total. The number of thiophene rings is 1. The van der Waals surface area contributed by atoms with Crippen molar-refractivity contribution in [1.82, 2.24) is 4.90 Å². The molecule has 1 amide bonds. The van der Waals surface area contributed by atoms with E-state index in [-0.39, 0.29) is 29.2 Å². The number of amides is 1. The number of benzene rings is 2. The van der Waals surface area contributed by atoms with Gasteiger partial charge in [-0.2, -0.15) is 0 Å². The molecule has 7 heteroatoms. The fourth-order valence-corrected chi connectivity index (χ4v) is 5.11. The number of aliphatic hydroxyl groups excluding tert-OH is 1. The molecule has 2 heterocycles. The van der Waals surface area contributed by atoms with E-state index in [9.17, 15) is 14.7 Å². The van der Waals surface area contributed by atoms with Gasteiger partial charge in [-0.3, -0.25) is 9.59 Å². The molecule has 1 aliphatic heterocycles. The number of Topliss-reactive ketones (excluding diaryl/α,β-unsaturated/α-hetero) is 1. The standard InChI is InChI=1S/C25H22ClNO4S/c1-14-6-4-7-16(10-14)21-20(22(28)18-11-15(2)12-19(26)24(18)31-3)23(29)25(30)27(21)13-17-8-5-9-32-17/h4-12,21,28H,13H2,1-3H3/b22-20+. The Morgan fingerprint density at radius 3 is 2.56 bits per heavy atom. The normalized spacial score (nSPS) is 17.8. The Labute approximate surface area is 195 Å². The SMILES string of the molecule is COc1c(Cl)cc(C)cc1/C(O)=C1\C(=O)C(=O)N(Cc2cccs2)C1c1cccc(C)c1. The third-order valence-corrected chi connectivity index (χ3v) is 6.59. The van der Waals surface area contributed by atoms with Gasteiger partial charge in [0, 0.05) is 4.88 Å². The first-order chi connectivity index (χ1) is 15.3. The number of nitrogens with zero attached hydrogens (tertiary/aromatic N) is 1. The number of likely N-dealkylation sites (tertiary alicyclic amines) is 1. The number of methoxy groups -OCH3 is 1. The van der Waals surface area contributed by atoms with Gasteiger partial charge in [0.15, 0.2) is 0 Å². The second kappa shape index (κ2) is 8.81. The van der Waals surface area contributed by atoms with Gasteiger partial charge in [0.25, 0.3) is 11.7 Å². The Morgan fingerprint density at radius 1 is 1.12 bits per heavy atom. The Hall–Kier alpha value is -3.09. The second-order valence-corrected chi connectivity index (χ2v) is 9.19. The molecule has 0 bridgehead atoms. The quantitative estimate of drug-likeness (QED) is 0.299. The molecule has 1 atom stereocenters. The molecule has 5 nitrogen and oxygen atoms in total. The van der Waals surface area contributed by atoms with Gasteiger partial charge in [0.2, 0.25) is 0 Å². The van der Waals surface area contributed by atoms with E-state index in [1.165, 1.54) is 23.3 Å². The van der Waals surface area contributed by atoms with Crippen LogP contribution >= 0.6 is 22.9 Å². The summed E-state index contributed by atoms with van der Waals surface area (Å²) in [7, 11) is 1.45. The lowest BCUT2D eigenvalue weighted by Gasteiger charge is -2.25. The maximum Gasteiger partial charge on any atom is 0.295 e. The van der Waals surface area contributed by atoms with Crippen LogP contribution in [0.4, 0.5) is 0 Å². The van der Waals surface area contributed by atoms with Crippen LogP contribution in [0, 0.1) is 13.8 Å². The summed E-state index contributed by atoms with van der Waals surface area (Å²) in [6.07, 6.45) is 0. The molecule has 0 radical (unpaired) electrons. The summed E-state index contributed by atoms with van der Waals surface area (Å²) in [5.41, 5.74) is 2.83. The number of ether oxygens (including phenoxy) is 1. The Morgan fingerprint density at radius 2 is 1.91 bits per heavy atom. The van der Waals surface area contributed by atoms with E-state index in [2.05, 4.69) is 0 Å². The number of halogens is 1. The fraction of sp³-hybridized carbons (Fsp3) is 0.200. The minimum absolute atomic E-state index is 0.0251. The molecule has 1 aliphatic rings. The molecule has 0 saturated carbocycles. The highest BCUT2D eigenvalue weighted by molar-refractivity contribution is 7.09. The summed E-state index contributed by atoms with van der Waals surface area (Å²) in [5, 5.41) is 13.6. The minimum Gasteiger partial charge on any atom is -0.507 e. The first kappa shape index (κ1) is 22.1. The Kier molecular flexibility index (Phi) is 6.09. The first-order valence-corrected chi connectivity index (χ1v) is 11.3. The average molecular weight is 468 g/mol. The van der Waals surface area contributed by atoms with Gasteiger partial charge >= 0.3 is 0 Å². The van der Waals surface area contributed by atoms with Crippen LogP contribution in [0.5, 0.6) is 5.75 Å². The molecule has 1 saturated heterocycles. The predicted molar refractivity (Wildman–Crippen MR) is 126 cm³/mol. The number of hydrogen-bond donors (Lipinski definition) is 1. The third kappa shape index (κ3) is 3.92. The summed E-state index contributed by atoms with van der Waals surface area (Å²) in [6, 6.07) is 14.1. The number of ketones is 1. The number of carbonyl (C=O) groups is 2. The molecular weight excluding hydrogens is 446 g/mol. The molecule has 0 aliphatic carbocycles. The zero-order valence-electron chi connectivity index (χ0n) is 17.9. The Balaban J connectivity index is 1.95. The monoisotopic (exact) mass is 467 g/mol. The zero-order chi connectivity index (χ0) is 23.0. The van der Waals surface area contributed by atoms with Crippen LogP contribution in [0.25, 0.3) is 5.76 Å². The smallest absolute Gasteiger partial charge is 0.295 e. The van der Waals surface area contributed by atoms with E-state index < -0.39 is 17.7 Å². The summed E-state index contributed by atoms with van der Waals surface area (Å²) in [5.74, 6) is -1.43. The summed E-state index contributed by atoms with van der Waals surface area (Å²) in [4.78, 5) is 28.8. The van der Waals surface area contributed by atoms with E-state index in [0.717, 1.165) is 21.6 Å². The summed E-state index contributed by atoms with van der Waals surface area (Å²) < 4.78 is 5.41. The number of aliphatic hydroxyl groups is 1. The van der Waals surface area contributed by atoms with Crippen molar-refractivity contribution >= 4 is 40.4 Å². The fourth-order valence-electron chi connectivity index (χ4n) is 4.06. The van der Waals surface area contributed by atoms with Gasteiger partial charge in [-0.25, -0.2) is 0 Å². The van der Waals surface area contributed by atoms with Gasteiger partial charge in [-0.15, -0.1) is 11.3 Å². The van der Waals surface area contributed by atoms with Crippen LogP contribution in [0.2, 0.25) is 5.02 Å². The number of carbonyl (C=O) groups excluding carboxylic acids is 2. The van der Waals surface area contributed by atoms with E-state index in [1.54, 1.807) is 12.1 Å². The average Bonchev–Trinajstić information content (AvgIpc) is 3.35. The topological polar surface area (TPSA) is 66.8 Å². The van der Waals surface area contributed by atoms with Gasteiger partial charge in [0.1, 0.15) is 11.5 Å². The van der Waals surface area contributed by atoms with Crippen LogP contribution in [0.3, 0.4) is 0 Å². The van der Waals surface area contributed by atoms with Gasteiger partial charge in [0.05, 0.1) is 35.9 Å². The lowest BCUT2D eigenvalue weighted by atomic mass is 9.93. The predicted octanol–water partition coefficient (Wildman–Crippen LogP) is 5.65. The zero-order valence-corrected chi connectivity index (χ0v) is 19.5. The summed E-state index contributed by atoms with van der Waals surface area (Å²) >= 11 is 7.84. The maximum atomic E-state index is 13.2. The van der Waals surface area contributed by atoms with Crippen LogP contribution in [-0.2, 0) is 16.1 Å². The lowest BCUT2D eigenvalue weighted by Crippen LogP contribution is -2.28. The van der Waals surface area contributed by atoms with E-state index in [1.807, 2.05) is 55.6 Å².